The molecule has 0 spiro atoms. The third kappa shape index (κ3) is 1.61. The zero-order valence-corrected chi connectivity index (χ0v) is 10.8. The Bertz CT molecular complexity index is 576. The summed E-state index contributed by atoms with van der Waals surface area (Å²) in [6.45, 7) is 1.97. The minimum Gasteiger partial charge on any atom is -0.497 e. The van der Waals surface area contributed by atoms with Crippen molar-refractivity contribution in [3.05, 3.63) is 28.9 Å². The molecule has 1 aromatic heterocycles. The van der Waals surface area contributed by atoms with Gasteiger partial charge in [0.1, 0.15) is 5.75 Å². The standard InChI is InChI=1S/C13H15ClN2O/c1-15-6-5-12-13(14)10-7-9(17-2)3-4-11(10)16(12)8-15/h3-4,7H,5-6,8H2,1-2H3. The monoisotopic (exact) mass is 250 g/mol. The first-order valence-electron chi connectivity index (χ1n) is 5.74. The molecule has 90 valence electrons. The molecule has 2 heterocycles. The molecular formula is C13H15ClN2O. The first-order chi connectivity index (χ1) is 8.20. The largest absolute Gasteiger partial charge is 0.497 e. The van der Waals surface area contributed by atoms with Gasteiger partial charge in [0, 0.05) is 24.0 Å². The van der Waals surface area contributed by atoms with Crippen molar-refractivity contribution in [1.82, 2.24) is 9.47 Å². The molecule has 17 heavy (non-hydrogen) atoms. The lowest BCUT2D eigenvalue weighted by Gasteiger charge is -2.25. The predicted octanol–water partition coefficient (Wildman–Crippen LogP) is 2.75. The molecule has 4 heteroatoms. The Hall–Kier alpha value is -1.19. The average Bonchev–Trinajstić information content (AvgIpc) is 2.62. The highest BCUT2D eigenvalue weighted by Crippen LogP contribution is 2.35. The van der Waals surface area contributed by atoms with Crippen molar-refractivity contribution in [2.24, 2.45) is 0 Å². The van der Waals surface area contributed by atoms with Crippen molar-refractivity contribution < 1.29 is 4.74 Å². The van der Waals surface area contributed by atoms with Gasteiger partial charge in [-0.15, -0.1) is 0 Å². The molecule has 1 aliphatic rings. The van der Waals surface area contributed by atoms with Gasteiger partial charge in [-0.25, -0.2) is 0 Å². The summed E-state index contributed by atoms with van der Waals surface area (Å²) in [7, 11) is 3.81. The van der Waals surface area contributed by atoms with Crippen LogP contribution in [0.2, 0.25) is 5.02 Å². The molecule has 0 atom stereocenters. The Kier molecular flexibility index (Phi) is 2.53. The topological polar surface area (TPSA) is 17.4 Å². The van der Waals surface area contributed by atoms with Crippen LogP contribution in [0.25, 0.3) is 10.9 Å². The number of nitrogens with zero attached hydrogens (tertiary/aromatic N) is 2. The number of methoxy groups -OCH3 is 1. The molecule has 0 fully saturated rings. The van der Waals surface area contributed by atoms with Crippen molar-refractivity contribution in [2.45, 2.75) is 13.1 Å². The number of aromatic nitrogens is 1. The summed E-state index contributed by atoms with van der Waals surface area (Å²) in [5, 5.41) is 1.98. The molecular weight excluding hydrogens is 236 g/mol. The number of likely N-dealkylation sites (N-methyl/N-ethyl adjacent to an activating group) is 1. The fourth-order valence-electron chi connectivity index (χ4n) is 2.49. The summed E-state index contributed by atoms with van der Waals surface area (Å²) in [5.74, 6) is 0.857. The highest BCUT2D eigenvalue weighted by atomic mass is 35.5. The highest BCUT2D eigenvalue weighted by Gasteiger charge is 2.20. The molecule has 0 radical (unpaired) electrons. The minimum atomic E-state index is 0.857. The van der Waals surface area contributed by atoms with Gasteiger partial charge in [-0.05, 0) is 25.2 Å². The van der Waals surface area contributed by atoms with E-state index in [1.165, 1.54) is 11.2 Å². The molecule has 0 saturated heterocycles. The predicted molar refractivity (Wildman–Crippen MR) is 69.8 cm³/mol. The van der Waals surface area contributed by atoms with Crippen LogP contribution in [0.4, 0.5) is 0 Å². The normalized spacial score (nSPS) is 16.2. The Morgan fingerprint density at radius 3 is 2.94 bits per heavy atom. The Labute approximate surface area is 106 Å². The number of hydrogen-bond donors (Lipinski definition) is 0. The number of benzene rings is 1. The Morgan fingerprint density at radius 2 is 2.18 bits per heavy atom. The maximum Gasteiger partial charge on any atom is 0.119 e. The molecule has 2 aromatic rings. The van der Waals surface area contributed by atoms with E-state index < -0.39 is 0 Å². The van der Waals surface area contributed by atoms with Crippen LogP contribution in [0.15, 0.2) is 18.2 Å². The quantitative estimate of drug-likeness (QED) is 0.774. The first kappa shape index (κ1) is 10.9. The average molecular weight is 251 g/mol. The van der Waals surface area contributed by atoms with E-state index in [0.29, 0.717) is 0 Å². The van der Waals surface area contributed by atoms with Crippen LogP contribution in [0.3, 0.4) is 0 Å². The molecule has 0 aliphatic carbocycles. The van der Waals surface area contributed by atoms with E-state index in [0.717, 1.165) is 35.8 Å². The molecule has 0 amide bonds. The Morgan fingerprint density at radius 1 is 1.35 bits per heavy atom. The van der Waals surface area contributed by atoms with Crippen molar-refractivity contribution in [2.75, 3.05) is 20.7 Å². The van der Waals surface area contributed by atoms with Crippen LogP contribution in [0.5, 0.6) is 5.75 Å². The lowest BCUT2D eigenvalue weighted by molar-refractivity contribution is 0.245. The fourth-order valence-corrected chi connectivity index (χ4v) is 2.84. The van der Waals surface area contributed by atoms with Crippen LogP contribution in [0, 0.1) is 0 Å². The summed E-state index contributed by atoms with van der Waals surface area (Å²) in [6, 6.07) is 6.09. The molecule has 0 unspecified atom stereocenters. The minimum absolute atomic E-state index is 0.857. The van der Waals surface area contributed by atoms with Gasteiger partial charge in [-0.2, -0.15) is 0 Å². The second-order valence-electron chi connectivity index (χ2n) is 4.54. The lowest BCUT2D eigenvalue weighted by atomic mass is 10.2. The van der Waals surface area contributed by atoms with Gasteiger partial charge in [0.25, 0.3) is 0 Å². The van der Waals surface area contributed by atoms with Gasteiger partial charge < -0.3 is 9.30 Å². The van der Waals surface area contributed by atoms with Crippen LogP contribution in [-0.4, -0.2) is 30.2 Å². The second kappa shape index (κ2) is 3.93. The number of hydrogen-bond acceptors (Lipinski definition) is 2. The van der Waals surface area contributed by atoms with Gasteiger partial charge in [0.15, 0.2) is 0 Å². The summed E-state index contributed by atoms with van der Waals surface area (Å²) in [5.41, 5.74) is 2.44. The third-order valence-corrected chi connectivity index (χ3v) is 3.85. The van der Waals surface area contributed by atoms with E-state index >= 15 is 0 Å². The van der Waals surface area contributed by atoms with E-state index in [1.54, 1.807) is 7.11 Å². The maximum atomic E-state index is 6.46. The SMILES string of the molecule is COc1ccc2c(c1)c(Cl)c1n2CN(C)CC1. The first-order valence-corrected chi connectivity index (χ1v) is 6.11. The molecule has 0 saturated carbocycles. The van der Waals surface area contributed by atoms with Crippen molar-refractivity contribution in [3.8, 4) is 5.75 Å². The van der Waals surface area contributed by atoms with E-state index in [-0.39, 0.29) is 0 Å². The number of halogens is 1. The lowest BCUT2D eigenvalue weighted by Crippen LogP contribution is -2.30. The van der Waals surface area contributed by atoms with E-state index in [2.05, 4.69) is 22.6 Å². The molecule has 3 rings (SSSR count). The zero-order chi connectivity index (χ0) is 12.0. The molecule has 3 nitrogen and oxygen atoms in total. The summed E-state index contributed by atoms with van der Waals surface area (Å²) in [4.78, 5) is 2.30. The van der Waals surface area contributed by atoms with E-state index in [4.69, 9.17) is 16.3 Å². The fraction of sp³-hybridized carbons (Fsp3) is 0.385. The number of ether oxygens (including phenoxy) is 1. The number of rotatable bonds is 1. The zero-order valence-electron chi connectivity index (χ0n) is 10.0. The van der Waals surface area contributed by atoms with E-state index in [1.807, 2.05) is 12.1 Å². The summed E-state index contributed by atoms with van der Waals surface area (Å²) in [6.07, 6.45) is 1.01. The van der Waals surface area contributed by atoms with Gasteiger partial charge in [0.05, 0.1) is 24.3 Å². The van der Waals surface area contributed by atoms with Gasteiger partial charge in [0.2, 0.25) is 0 Å². The Balaban J connectivity index is 2.26. The summed E-state index contributed by atoms with van der Waals surface area (Å²) >= 11 is 6.46. The summed E-state index contributed by atoms with van der Waals surface area (Å²) < 4.78 is 7.54. The van der Waals surface area contributed by atoms with E-state index in [9.17, 15) is 0 Å². The van der Waals surface area contributed by atoms with Gasteiger partial charge in [-0.3, -0.25) is 4.90 Å². The van der Waals surface area contributed by atoms with Crippen molar-refractivity contribution in [1.29, 1.82) is 0 Å². The van der Waals surface area contributed by atoms with Gasteiger partial charge in [-0.1, -0.05) is 11.6 Å². The van der Waals surface area contributed by atoms with Crippen LogP contribution in [-0.2, 0) is 13.1 Å². The molecule has 0 bridgehead atoms. The molecule has 0 N–H and O–H groups in total. The molecule has 1 aromatic carbocycles. The maximum absolute atomic E-state index is 6.46. The van der Waals surface area contributed by atoms with Crippen LogP contribution in [0.1, 0.15) is 5.69 Å². The smallest absolute Gasteiger partial charge is 0.119 e. The van der Waals surface area contributed by atoms with Crippen LogP contribution >= 0.6 is 11.6 Å². The van der Waals surface area contributed by atoms with Crippen LogP contribution < -0.4 is 4.74 Å². The van der Waals surface area contributed by atoms with Crippen molar-refractivity contribution >= 4 is 22.5 Å². The third-order valence-electron chi connectivity index (χ3n) is 3.42. The molecule has 1 aliphatic heterocycles. The van der Waals surface area contributed by atoms with Crippen molar-refractivity contribution in [3.63, 3.8) is 0 Å². The van der Waals surface area contributed by atoms with Gasteiger partial charge >= 0.3 is 0 Å². The number of fused-ring (bicyclic) bond motifs is 3. The second-order valence-corrected chi connectivity index (χ2v) is 4.92. The highest BCUT2D eigenvalue weighted by molar-refractivity contribution is 6.36.